The molecule has 0 aliphatic heterocycles. The largest absolute Gasteiger partial charge is 0.472 e. The number of unbranched alkanes of at least 4 members (excludes halogenated alkanes) is 14. The van der Waals surface area contributed by atoms with Crippen LogP contribution in [-0.2, 0) is 27.9 Å². The second kappa shape index (κ2) is 38.9. The van der Waals surface area contributed by atoms with E-state index in [4.69, 9.17) is 23.6 Å². The van der Waals surface area contributed by atoms with Gasteiger partial charge in [-0.15, -0.1) is 0 Å². The van der Waals surface area contributed by atoms with Gasteiger partial charge >= 0.3 is 13.8 Å². The van der Waals surface area contributed by atoms with Crippen molar-refractivity contribution in [2.24, 2.45) is 0 Å². The van der Waals surface area contributed by atoms with E-state index in [-0.39, 0.29) is 13.0 Å². The number of aliphatic hydroxyl groups excluding tert-OH is 2. The summed E-state index contributed by atoms with van der Waals surface area (Å²) in [7, 11) is -4.52. The van der Waals surface area contributed by atoms with Crippen molar-refractivity contribution in [3.63, 3.8) is 0 Å². The molecule has 0 radical (unpaired) electrons. The lowest BCUT2D eigenvalue weighted by Gasteiger charge is -2.20. The highest BCUT2D eigenvalue weighted by Gasteiger charge is 2.26. The van der Waals surface area contributed by atoms with Crippen molar-refractivity contribution in [1.29, 1.82) is 0 Å². The van der Waals surface area contributed by atoms with E-state index in [2.05, 4.69) is 74.6 Å². The molecule has 0 aliphatic rings. The molecule has 0 aromatic heterocycles. The molecule has 0 aliphatic carbocycles. The summed E-state index contributed by atoms with van der Waals surface area (Å²) in [6.45, 7) is 3.31. The van der Waals surface area contributed by atoms with E-state index in [0.717, 1.165) is 83.5 Å². The summed E-state index contributed by atoms with van der Waals surface area (Å²) in [5, 5.41) is 18.3. The van der Waals surface area contributed by atoms with E-state index in [0.29, 0.717) is 13.0 Å². The molecule has 0 spiro atoms. The summed E-state index contributed by atoms with van der Waals surface area (Å²) >= 11 is 0. The second-order valence-electron chi connectivity index (χ2n) is 13.3. The zero-order chi connectivity index (χ0) is 38.2. The number of rotatable bonds is 38. The molecule has 0 saturated carbocycles. The molecule has 0 aromatic rings. The minimum Gasteiger partial charge on any atom is -0.457 e. The van der Waals surface area contributed by atoms with Gasteiger partial charge in [0.15, 0.2) is 0 Å². The predicted molar refractivity (Wildman–Crippen MR) is 214 cm³/mol. The lowest BCUT2D eigenvalue weighted by atomic mass is 10.1. The number of esters is 1. The maximum atomic E-state index is 12.6. The van der Waals surface area contributed by atoms with Gasteiger partial charge in [0.1, 0.15) is 12.2 Å². The Balaban J connectivity index is 4.27. The summed E-state index contributed by atoms with van der Waals surface area (Å²) < 4.78 is 33.3. The Kier molecular flexibility index (Phi) is 37.5. The van der Waals surface area contributed by atoms with E-state index in [1.54, 1.807) is 0 Å². The van der Waals surface area contributed by atoms with Crippen molar-refractivity contribution in [3.05, 3.63) is 60.8 Å². The molecule has 0 amide bonds. The van der Waals surface area contributed by atoms with E-state index < -0.39 is 45.8 Å². The van der Waals surface area contributed by atoms with Crippen LogP contribution >= 0.6 is 7.82 Å². The number of phosphoric acid groups is 1. The monoisotopic (exact) mass is 755 g/mol. The highest BCUT2D eigenvalue weighted by Crippen LogP contribution is 2.43. The molecule has 3 atom stereocenters. The number of aliphatic hydroxyl groups is 2. The van der Waals surface area contributed by atoms with Gasteiger partial charge in [0.25, 0.3) is 0 Å². The van der Waals surface area contributed by atoms with Gasteiger partial charge < -0.3 is 24.6 Å². The van der Waals surface area contributed by atoms with Crippen LogP contribution < -0.4 is 0 Å². The molecule has 0 rings (SSSR count). The van der Waals surface area contributed by atoms with Crippen LogP contribution in [-0.4, -0.2) is 66.3 Å². The number of hydrogen-bond acceptors (Lipinski definition) is 8. The van der Waals surface area contributed by atoms with Crippen molar-refractivity contribution >= 4 is 13.8 Å². The third kappa shape index (κ3) is 37.9. The first-order valence-electron chi connectivity index (χ1n) is 20.3. The third-order valence-electron chi connectivity index (χ3n) is 8.19. The minimum atomic E-state index is -4.52. The van der Waals surface area contributed by atoms with Crippen LogP contribution in [0, 0.1) is 0 Å². The van der Waals surface area contributed by atoms with Crippen molar-refractivity contribution < 1.29 is 43.0 Å². The van der Waals surface area contributed by atoms with Gasteiger partial charge in [0.05, 0.1) is 26.4 Å². The zero-order valence-electron chi connectivity index (χ0n) is 32.8. The van der Waals surface area contributed by atoms with Crippen LogP contribution in [0.25, 0.3) is 0 Å². The van der Waals surface area contributed by atoms with Gasteiger partial charge in [-0.05, 0) is 77.0 Å². The summed E-state index contributed by atoms with van der Waals surface area (Å²) in [4.78, 5) is 22.5. The van der Waals surface area contributed by atoms with E-state index in [1.807, 2.05) is 0 Å². The molecule has 0 heterocycles. The Morgan fingerprint density at radius 1 is 0.615 bits per heavy atom. The standard InChI is InChI=1S/C42H75O9P/c1-3-5-7-9-11-13-15-17-19-21-23-25-27-29-31-33-35-48-38-41(39-50-52(46,47)49-37-40(44)36-43)51-42(45)34-32-30-28-26-24-22-20-18-16-14-12-10-8-6-4-2/h5,7,11-14,17-20,40-41,43-44H,3-4,6,8-10,15-16,21-39H2,1-2H3,(H,46,47)/b7-5-,13-11-,14-12-,19-17-,20-18-. The minimum absolute atomic E-state index is 0.0319. The Labute approximate surface area is 317 Å². The SMILES string of the molecule is CC/C=C\C/C=C\C/C=C\CCCCCCCCOCC(COP(=O)(O)OCC(O)CO)OC(=O)CCCCCCC/C=C\C/C=C\CCCCC. The lowest BCUT2D eigenvalue weighted by Crippen LogP contribution is -2.29. The first kappa shape index (κ1) is 50.2. The Hall–Kier alpha value is -1.84. The summed E-state index contributed by atoms with van der Waals surface area (Å²) in [6, 6.07) is 0. The molecule has 0 aromatic carbocycles. The molecule has 10 heteroatoms. The number of carbonyl (C=O) groups excluding carboxylic acids is 1. The first-order valence-corrected chi connectivity index (χ1v) is 21.8. The van der Waals surface area contributed by atoms with Crippen LogP contribution in [0.2, 0.25) is 0 Å². The van der Waals surface area contributed by atoms with Crippen LogP contribution in [0.1, 0.15) is 155 Å². The number of allylic oxidation sites excluding steroid dienone is 10. The fourth-order valence-corrected chi connectivity index (χ4v) is 5.89. The molecule has 0 fully saturated rings. The average molecular weight is 755 g/mol. The predicted octanol–water partition coefficient (Wildman–Crippen LogP) is 10.8. The molecule has 52 heavy (non-hydrogen) atoms. The quantitative estimate of drug-likeness (QED) is 0.0244. The molecular weight excluding hydrogens is 679 g/mol. The van der Waals surface area contributed by atoms with Crippen molar-refractivity contribution in [2.75, 3.05) is 33.0 Å². The summed E-state index contributed by atoms with van der Waals surface area (Å²) in [5.41, 5.74) is 0. The van der Waals surface area contributed by atoms with Crippen molar-refractivity contribution in [2.45, 2.75) is 167 Å². The fraction of sp³-hybridized carbons (Fsp3) is 0.738. The number of ether oxygens (including phenoxy) is 2. The van der Waals surface area contributed by atoms with Crippen LogP contribution in [0.5, 0.6) is 0 Å². The van der Waals surface area contributed by atoms with Crippen LogP contribution in [0.3, 0.4) is 0 Å². The van der Waals surface area contributed by atoms with Crippen LogP contribution in [0.15, 0.2) is 60.8 Å². The molecule has 3 unspecified atom stereocenters. The third-order valence-corrected chi connectivity index (χ3v) is 9.14. The van der Waals surface area contributed by atoms with Crippen molar-refractivity contribution in [1.82, 2.24) is 0 Å². The molecule has 3 N–H and O–H groups in total. The molecule has 0 saturated heterocycles. The second-order valence-corrected chi connectivity index (χ2v) is 14.7. The van der Waals surface area contributed by atoms with E-state index >= 15 is 0 Å². The maximum absolute atomic E-state index is 12.6. The zero-order valence-corrected chi connectivity index (χ0v) is 33.7. The van der Waals surface area contributed by atoms with E-state index in [9.17, 15) is 19.4 Å². The van der Waals surface area contributed by atoms with Crippen molar-refractivity contribution in [3.8, 4) is 0 Å². The first-order chi connectivity index (χ1) is 25.3. The maximum Gasteiger partial charge on any atom is 0.472 e. The Morgan fingerprint density at radius 3 is 1.65 bits per heavy atom. The Bertz CT molecular complexity index is 992. The van der Waals surface area contributed by atoms with Gasteiger partial charge in [-0.3, -0.25) is 13.8 Å². The Morgan fingerprint density at radius 2 is 1.10 bits per heavy atom. The molecule has 0 bridgehead atoms. The van der Waals surface area contributed by atoms with Gasteiger partial charge in [-0.25, -0.2) is 4.57 Å². The summed E-state index contributed by atoms with van der Waals surface area (Å²) in [6.07, 6.45) is 43.1. The van der Waals surface area contributed by atoms with Crippen LogP contribution in [0.4, 0.5) is 0 Å². The molecular formula is C42H75O9P. The van der Waals surface area contributed by atoms with Gasteiger partial charge in [-0.2, -0.15) is 0 Å². The van der Waals surface area contributed by atoms with Gasteiger partial charge in [-0.1, -0.05) is 132 Å². The highest BCUT2D eigenvalue weighted by molar-refractivity contribution is 7.47. The smallest absolute Gasteiger partial charge is 0.457 e. The summed E-state index contributed by atoms with van der Waals surface area (Å²) in [5.74, 6) is -0.404. The molecule has 9 nitrogen and oxygen atoms in total. The molecule has 302 valence electrons. The highest BCUT2D eigenvalue weighted by atomic mass is 31.2. The average Bonchev–Trinajstić information content (AvgIpc) is 3.13. The van der Waals surface area contributed by atoms with Gasteiger partial charge in [0, 0.05) is 13.0 Å². The normalized spacial score (nSPS) is 14.8. The number of carbonyl (C=O) groups is 1. The number of phosphoric ester groups is 1. The lowest BCUT2D eigenvalue weighted by molar-refractivity contribution is -0.154. The fourth-order valence-electron chi connectivity index (χ4n) is 5.10. The number of hydrogen-bond donors (Lipinski definition) is 3. The van der Waals surface area contributed by atoms with Gasteiger partial charge in [0.2, 0.25) is 0 Å². The van der Waals surface area contributed by atoms with E-state index in [1.165, 1.54) is 44.9 Å². The topological polar surface area (TPSA) is 132 Å².